The number of hydrogen-bond donors (Lipinski definition) is 0. The lowest BCUT2D eigenvalue weighted by atomic mass is 10.1. The maximum atomic E-state index is 9.44. The number of benzene rings is 1. The topological polar surface area (TPSA) is 105 Å². The molecular formula is C18H12N4O3S. The molecule has 3 rings (SSSR count). The van der Waals surface area contributed by atoms with Crippen LogP contribution in [-0.4, -0.2) is 23.9 Å². The van der Waals surface area contributed by atoms with E-state index < -0.39 is 0 Å². The number of ether oxygens (including phenoxy) is 2. The molecule has 0 fully saturated rings. The van der Waals surface area contributed by atoms with Crippen LogP contribution in [0.15, 0.2) is 40.2 Å². The van der Waals surface area contributed by atoms with Crippen molar-refractivity contribution in [3.63, 3.8) is 0 Å². The van der Waals surface area contributed by atoms with Crippen LogP contribution in [0.4, 0.5) is 0 Å². The second-order valence-electron chi connectivity index (χ2n) is 4.93. The Labute approximate surface area is 153 Å². The van der Waals surface area contributed by atoms with E-state index >= 15 is 0 Å². The molecule has 2 heterocycles. The molecule has 0 bridgehead atoms. The van der Waals surface area contributed by atoms with Gasteiger partial charge in [-0.1, -0.05) is 17.3 Å². The van der Waals surface area contributed by atoms with Gasteiger partial charge in [-0.25, -0.2) is 0 Å². The summed E-state index contributed by atoms with van der Waals surface area (Å²) < 4.78 is 15.8. The Bertz CT molecular complexity index is 1010. The smallest absolute Gasteiger partial charge is 0.268 e. The number of rotatable bonds is 6. The molecule has 128 valence electrons. The molecule has 8 heteroatoms. The second kappa shape index (κ2) is 7.97. The van der Waals surface area contributed by atoms with Crippen molar-refractivity contribution >= 4 is 23.0 Å². The molecular weight excluding hydrogens is 352 g/mol. The van der Waals surface area contributed by atoms with Gasteiger partial charge in [0.1, 0.15) is 17.7 Å². The Hall–Kier alpha value is -3.62. The van der Waals surface area contributed by atoms with Crippen LogP contribution in [0.25, 0.3) is 22.4 Å². The average Bonchev–Trinajstić information content (AvgIpc) is 3.36. The molecule has 2 aromatic heterocycles. The van der Waals surface area contributed by atoms with Crippen LogP contribution in [0.5, 0.6) is 11.5 Å². The first-order chi connectivity index (χ1) is 12.7. The minimum absolute atomic E-state index is 0.0809. The highest BCUT2D eigenvalue weighted by Gasteiger charge is 2.14. The van der Waals surface area contributed by atoms with Crippen molar-refractivity contribution in [2.24, 2.45) is 0 Å². The molecule has 1 aromatic carbocycles. The summed E-state index contributed by atoms with van der Waals surface area (Å²) in [6, 6.07) is 12.8. The van der Waals surface area contributed by atoms with Crippen molar-refractivity contribution in [2.75, 3.05) is 13.7 Å². The van der Waals surface area contributed by atoms with E-state index in [1.165, 1.54) is 18.4 Å². The van der Waals surface area contributed by atoms with Gasteiger partial charge in [0.15, 0.2) is 18.1 Å². The second-order valence-corrected chi connectivity index (χ2v) is 5.88. The lowest BCUT2D eigenvalue weighted by molar-refractivity contribution is 0.329. The summed E-state index contributed by atoms with van der Waals surface area (Å²) in [7, 11) is 1.50. The van der Waals surface area contributed by atoms with Crippen molar-refractivity contribution in [3.05, 3.63) is 47.2 Å². The first kappa shape index (κ1) is 17.2. The Morgan fingerprint density at radius 3 is 2.88 bits per heavy atom. The van der Waals surface area contributed by atoms with Gasteiger partial charge in [-0.05, 0) is 35.2 Å². The van der Waals surface area contributed by atoms with Crippen molar-refractivity contribution in [3.8, 4) is 34.3 Å². The van der Waals surface area contributed by atoms with Gasteiger partial charge < -0.3 is 14.0 Å². The van der Waals surface area contributed by atoms with Gasteiger partial charge in [-0.3, -0.25) is 0 Å². The minimum Gasteiger partial charge on any atom is -0.493 e. The maximum Gasteiger partial charge on any atom is 0.268 e. The zero-order valence-electron chi connectivity index (χ0n) is 13.7. The Kier molecular flexibility index (Phi) is 5.28. The van der Waals surface area contributed by atoms with Gasteiger partial charge in [-0.15, -0.1) is 11.3 Å². The molecule has 0 spiro atoms. The fraction of sp³-hybridized carbons (Fsp3) is 0.111. The predicted octanol–water partition coefficient (Wildman–Crippen LogP) is 3.77. The Balaban J connectivity index is 1.90. The molecule has 0 radical (unpaired) electrons. The molecule has 3 aromatic rings. The first-order valence-electron chi connectivity index (χ1n) is 7.42. The van der Waals surface area contributed by atoms with Crippen LogP contribution >= 0.6 is 11.3 Å². The van der Waals surface area contributed by atoms with E-state index in [1.807, 2.05) is 23.6 Å². The van der Waals surface area contributed by atoms with Crippen molar-refractivity contribution < 1.29 is 14.0 Å². The number of allylic oxidation sites excluding steroid dienone is 1. The fourth-order valence-corrected chi connectivity index (χ4v) is 2.80. The van der Waals surface area contributed by atoms with E-state index in [9.17, 15) is 5.26 Å². The molecule has 0 aliphatic heterocycles. The van der Waals surface area contributed by atoms with Crippen molar-refractivity contribution in [1.29, 1.82) is 10.5 Å². The van der Waals surface area contributed by atoms with Crippen LogP contribution in [0.3, 0.4) is 0 Å². The number of nitrogens with zero attached hydrogens (tertiary/aromatic N) is 4. The SMILES string of the molecule is COc1cc(/C=C(\C#N)c2nc(-c3cccs3)no2)ccc1OCC#N. The lowest BCUT2D eigenvalue weighted by Gasteiger charge is -2.08. The molecule has 0 amide bonds. The summed E-state index contributed by atoms with van der Waals surface area (Å²) in [5.74, 6) is 1.48. The molecule has 0 unspecified atom stereocenters. The molecule has 0 atom stereocenters. The van der Waals surface area contributed by atoms with E-state index in [0.717, 1.165) is 4.88 Å². The van der Waals surface area contributed by atoms with Gasteiger partial charge in [0, 0.05) is 0 Å². The Morgan fingerprint density at radius 1 is 1.31 bits per heavy atom. The van der Waals surface area contributed by atoms with Crippen LogP contribution < -0.4 is 9.47 Å². The molecule has 0 saturated carbocycles. The number of nitriles is 2. The third-order valence-electron chi connectivity index (χ3n) is 3.31. The van der Waals surface area contributed by atoms with Gasteiger partial charge in [0.2, 0.25) is 5.82 Å². The molecule has 0 saturated heterocycles. The number of thiophene rings is 1. The summed E-state index contributed by atoms with van der Waals surface area (Å²) in [6.45, 7) is -0.0809. The standard InChI is InChI=1S/C18H12N4O3S/c1-23-15-10-12(4-5-14(15)24-7-6-19)9-13(11-20)18-21-17(22-25-18)16-3-2-8-26-16/h2-5,8-10H,7H2,1H3/b13-9+. The van der Waals surface area contributed by atoms with Gasteiger partial charge >= 0.3 is 0 Å². The summed E-state index contributed by atoms with van der Waals surface area (Å²) in [6.07, 6.45) is 1.61. The zero-order chi connectivity index (χ0) is 18.4. The van der Waals surface area contributed by atoms with Gasteiger partial charge in [-0.2, -0.15) is 15.5 Å². The number of aromatic nitrogens is 2. The highest BCUT2D eigenvalue weighted by molar-refractivity contribution is 7.13. The quantitative estimate of drug-likeness (QED) is 0.613. The van der Waals surface area contributed by atoms with Gasteiger partial charge in [0.05, 0.1) is 12.0 Å². The fourth-order valence-electron chi connectivity index (χ4n) is 2.15. The number of hydrogen-bond acceptors (Lipinski definition) is 8. The third kappa shape index (κ3) is 3.72. The third-order valence-corrected chi connectivity index (χ3v) is 4.18. The monoisotopic (exact) mass is 364 g/mol. The van der Waals surface area contributed by atoms with Gasteiger partial charge in [0.25, 0.3) is 5.89 Å². The normalized spacial score (nSPS) is 10.8. The van der Waals surface area contributed by atoms with Crippen LogP contribution in [-0.2, 0) is 0 Å². The summed E-state index contributed by atoms with van der Waals surface area (Å²) in [5.41, 5.74) is 0.923. The molecule has 0 N–H and O–H groups in total. The average molecular weight is 364 g/mol. The lowest BCUT2D eigenvalue weighted by Crippen LogP contribution is -1.96. The summed E-state index contributed by atoms with van der Waals surface area (Å²) in [5, 5.41) is 23.9. The predicted molar refractivity (Wildman–Crippen MR) is 95.2 cm³/mol. The highest BCUT2D eigenvalue weighted by Crippen LogP contribution is 2.30. The maximum absolute atomic E-state index is 9.44. The minimum atomic E-state index is -0.0809. The van der Waals surface area contributed by atoms with E-state index in [4.69, 9.17) is 19.3 Å². The van der Waals surface area contributed by atoms with Crippen LogP contribution in [0, 0.1) is 22.7 Å². The summed E-state index contributed by atoms with van der Waals surface area (Å²) >= 11 is 1.48. The number of methoxy groups -OCH3 is 1. The Morgan fingerprint density at radius 2 is 2.19 bits per heavy atom. The van der Waals surface area contributed by atoms with Crippen LogP contribution in [0.1, 0.15) is 11.5 Å². The van der Waals surface area contributed by atoms with Crippen LogP contribution in [0.2, 0.25) is 0 Å². The van der Waals surface area contributed by atoms with E-state index in [1.54, 1.807) is 24.3 Å². The first-order valence-corrected chi connectivity index (χ1v) is 8.30. The van der Waals surface area contributed by atoms with E-state index in [-0.39, 0.29) is 18.1 Å². The zero-order valence-corrected chi connectivity index (χ0v) is 14.5. The van der Waals surface area contributed by atoms with Crippen molar-refractivity contribution in [1.82, 2.24) is 10.1 Å². The van der Waals surface area contributed by atoms with E-state index in [2.05, 4.69) is 16.2 Å². The molecule has 0 aliphatic carbocycles. The summed E-state index contributed by atoms with van der Waals surface area (Å²) in [4.78, 5) is 5.13. The molecule has 7 nitrogen and oxygen atoms in total. The molecule has 26 heavy (non-hydrogen) atoms. The van der Waals surface area contributed by atoms with Crippen molar-refractivity contribution in [2.45, 2.75) is 0 Å². The van der Waals surface area contributed by atoms with E-state index in [0.29, 0.717) is 22.9 Å². The molecule has 0 aliphatic rings. The highest BCUT2D eigenvalue weighted by atomic mass is 32.1. The largest absolute Gasteiger partial charge is 0.493 e.